The predicted octanol–water partition coefficient (Wildman–Crippen LogP) is 19.2. The lowest BCUT2D eigenvalue weighted by atomic mass is 9.65. The predicted molar refractivity (Wildman–Crippen MR) is 323 cm³/mol. The van der Waals surface area contributed by atoms with Crippen molar-refractivity contribution in [3.8, 4) is 50.2 Å². The largest absolute Gasteiger partial charge is 0.310 e. The Morgan fingerprint density at radius 3 is 1.50 bits per heavy atom. The summed E-state index contributed by atoms with van der Waals surface area (Å²) in [6.45, 7) is 0. The third-order valence-electron chi connectivity index (χ3n) is 18.4. The molecule has 1 aliphatic heterocycles. The fourth-order valence-corrected chi connectivity index (χ4v) is 15.5. The molecule has 18 rings (SSSR count). The van der Waals surface area contributed by atoms with Gasteiger partial charge in [-0.2, -0.15) is 0 Å². The molecular formula is C76H46N2. The summed E-state index contributed by atoms with van der Waals surface area (Å²) in [6, 6.07) is 106. The van der Waals surface area contributed by atoms with Crippen LogP contribution in [0, 0.1) is 0 Å². The molecule has 4 aliphatic rings. The van der Waals surface area contributed by atoms with E-state index in [0.29, 0.717) is 0 Å². The van der Waals surface area contributed by atoms with Gasteiger partial charge in [0, 0.05) is 27.5 Å². The van der Waals surface area contributed by atoms with Gasteiger partial charge in [-0.05, 0) is 148 Å². The number of nitrogens with zero attached hydrogens (tertiary/aromatic N) is 2. The van der Waals surface area contributed by atoms with Crippen LogP contribution >= 0.6 is 0 Å². The summed E-state index contributed by atoms with van der Waals surface area (Å²) in [7, 11) is 0. The first kappa shape index (κ1) is 42.2. The summed E-state index contributed by atoms with van der Waals surface area (Å²) in [4.78, 5) is 2.59. The molecule has 2 heterocycles. The number of hydrogen-bond donors (Lipinski definition) is 0. The van der Waals surface area contributed by atoms with E-state index < -0.39 is 10.8 Å². The van der Waals surface area contributed by atoms with E-state index >= 15 is 0 Å². The first-order chi connectivity index (χ1) is 38.7. The molecule has 78 heavy (non-hydrogen) atoms. The monoisotopic (exact) mass is 986 g/mol. The van der Waals surface area contributed by atoms with Crippen molar-refractivity contribution >= 4 is 60.4 Å². The second-order valence-electron chi connectivity index (χ2n) is 21.8. The van der Waals surface area contributed by atoms with Crippen molar-refractivity contribution < 1.29 is 0 Å². The summed E-state index contributed by atoms with van der Waals surface area (Å²) in [5.74, 6) is 0. The smallest absolute Gasteiger partial charge is 0.0755 e. The summed E-state index contributed by atoms with van der Waals surface area (Å²) in [5, 5.41) is 7.50. The number of benzene rings is 13. The molecule has 2 heteroatoms. The van der Waals surface area contributed by atoms with Crippen LogP contribution in [0.25, 0.3) is 93.5 Å². The SMILES string of the molecule is c1ccc2c(c1)-c1ccccc1C21c2ccccc2-c2c1cc(N(c1ccc(-c3cccc4ccccc34)cc1)c1ccc3c(c1)C1(c4ccccc4-3)c3ccccc3-n3c4ccccc4c4cccc1c43)c1ccccc21. The van der Waals surface area contributed by atoms with Gasteiger partial charge in [-0.3, -0.25) is 0 Å². The van der Waals surface area contributed by atoms with Gasteiger partial charge < -0.3 is 9.47 Å². The van der Waals surface area contributed by atoms with Crippen LogP contribution in [0.5, 0.6) is 0 Å². The van der Waals surface area contributed by atoms with Crippen LogP contribution in [0.15, 0.2) is 279 Å². The van der Waals surface area contributed by atoms with E-state index in [1.54, 1.807) is 0 Å². The second kappa shape index (κ2) is 15.3. The van der Waals surface area contributed by atoms with Crippen molar-refractivity contribution in [3.05, 3.63) is 324 Å². The van der Waals surface area contributed by atoms with Gasteiger partial charge in [-0.15, -0.1) is 0 Å². The average molecular weight is 987 g/mol. The van der Waals surface area contributed by atoms with Crippen LogP contribution in [0.3, 0.4) is 0 Å². The van der Waals surface area contributed by atoms with Gasteiger partial charge in [0.05, 0.1) is 33.2 Å². The lowest BCUT2D eigenvalue weighted by Gasteiger charge is -2.40. The van der Waals surface area contributed by atoms with Gasteiger partial charge in [0.2, 0.25) is 0 Å². The molecule has 1 aromatic heterocycles. The Morgan fingerprint density at radius 2 is 0.769 bits per heavy atom. The zero-order valence-corrected chi connectivity index (χ0v) is 42.5. The molecule has 0 saturated heterocycles. The Labute approximate surface area is 452 Å². The number of para-hydroxylation sites is 3. The molecule has 360 valence electrons. The number of hydrogen-bond acceptors (Lipinski definition) is 1. The Bertz CT molecular complexity index is 4890. The summed E-state index contributed by atoms with van der Waals surface area (Å²) in [6.07, 6.45) is 0. The standard InChI is InChI=1S/C76H46N2/c1-2-21-51-47(19-1)20-17-29-52(51)48-39-41-49(42-40-48)77(72-46-69-73(59-27-4-3-25-57(59)72)61-28-8-13-34-65(61)75(69)62-31-10-5-22-53(62)54-23-6-11-32-63(54)75)50-43-44-56-55-24-7-12-33-64(55)76(68(56)45-50)66-35-14-16-38-71(66)78-70-37-15-9-26-58(70)60-30-18-36-67(76)74(60)78/h1-46H. The van der Waals surface area contributed by atoms with Crippen LogP contribution < -0.4 is 4.90 Å². The first-order valence-corrected chi connectivity index (χ1v) is 27.3. The molecule has 0 amide bonds. The molecule has 3 aliphatic carbocycles. The van der Waals surface area contributed by atoms with Crippen molar-refractivity contribution in [3.63, 3.8) is 0 Å². The average Bonchev–Trinajstić information content (AvgIpc) is 4.19. The van der Waals surface area contributed by atoms with E-state index in [2.05, 4.69) is 289 Å². The van der Waals surface area contributed by atoms with E-state index in [9.17, 15) is 0 Å². The van der Waals surface area contributed by atoms with E-state index in [4.69, 9.17) is 0 Å². The van der Waals surface area contributed by atoms with E-state index in [-0.39, 0.29) is 0 Å². The van der Waals surface area contributed by atoms with Crippen LogP contribution in [-0.4, -0.2) is 4.57 Å². The summed E-state index contributed by atoms with van der Waals surface area (Å²) < 4.78 is 2.54. The van der Waals surface area contributed by atoms with Crippen molar-refractivity contribution in [2.75, 3.05) is 4.90 Å². The quantitative estimate of drug-likeness (QED) is 0.171. The summed E-state index contributed by atoms with van der Waals surface area (Å²) in [5.41, 5.74) is 26.7. The molecule has 1 atom stereocenters. The normalized spacial score (nSPS) is 15.3. The van der Waals surface area contributed by atoms with Crippen molar-refractivity contribution in [2.24, 2.45) is 0 Å². The maximum Gasteiger partial charge on any atom is 0.0755 e. The lowest BCUT2D eigenvalue weighted by molar-refractivity contribution is 0.748. The third kappa shape index (κ3) is 5.13. The Hall–Kier alpha value is -10.0. The number of anilines is 3. The molecule has 0 radical (unpaired) electrons. The number of rotatable bonds is 4. The zero-order chi connectivity index (χ0) is 50.8. The molecule has 0 saturated carbocycles. The maximum absolute atomic E-state index is 2.59. The van der Waals surface area contributed by atoms with Gasteiger partial charge in [-0.25, -0.2) is 0 Å². The fourth-order valence-electron chi connectivity index (χ4n) is 15.5. The fraction of sp³-hybridized carbons (Fsp3) is 0.0263. The van der Waals surface area contributed by atoms with Crippen LogP contribution in [0.4, 0.5) is 17.1 Å². The van der Waals surface area contributed by atoms with Gasteiger partial charge in [0.25, 0.3) is 0 Å². The molecule has 13 aromatic carbocycles. The van der Waals surface area contributed by atoms with E-state index in [0.717, 1.165) is 17.1 Å². The van der Waals surface area contributed by atoms with Gasteiger partial charge in [0.1, 0.15) is 0 Å². The lowest BCUT2D eigenvalue weighted by Crippen LogP contribution is -2.33. The zero-order valence-electron chi connectivity index (χ0n) is 42.5. The highest BCUT2D eigenvalue weighted by Crippen LogP contribution is 2.66. The molecule has 0 fully saturated rings. The third-order valence-corrected chi connectivity index (χ3v) is 18.4. The summed E-state index contributed by atoms with van der Waals surface area (Å²) >= 11 is 0. The Kier molecular flexibility index (Phi) is 8.29. The highest BCUT2D eigenvalue weighted by molar-refractivity contribution is 6.14. The molecule has 0 bridgehead atoms. The minimum Gasteiger partial charge on any atom is -0.310 e. The topological polar surface area (TPSA) is 8.17 Å². The highest BCUT2D eigenvalue weighted by Gasteiger charge is 2.54. The van der Waals surface area contributed by atoms with Crippen molar-refractivity contribution in [1.29, 1.82) is 0 Å². The van der Waals surface area contributed by atoms with Crippen LogP contribution in [-0.2, 0) is 10.8 Å². The maximum atomic E-state index is 2.59. The number of aromatic nitrogens is 1. The molecule has 14 aromatic rings. The van der Waals surface area contributed by atoms with Gasteiger partial charge >= 0.3 is 0 Å². The molecule has 1 unspecified atom stereocenters. The van der Waals surface area contributed by atoms with Crippen molar-refractivity contribution in [2.45, 2.75) is 10.8 Å². The Morgan fingerprint density at radius 1 is 0.282 bits per heavy atom. The highest BCUT2D eigenvalue weighted by atomic mass is 15.1. The van der Waals surface area contributed by atoms with Crippen LogP contribution in [0.1, 0.15) is 44.5 Å². The molecule has 2 nitrogen and oxygen atoms in total. The van der Waals surface area contributed by atoms with Crippen molar-refractivity contribution in [1.82, 2.24) is 4.57 Å². The Balaban J connectivity index is 0.950. The second-order valence-corrected chi connectivity index (χ2v) is 21.8. The van der Waals surface area contributed by atoms with Crippen LogP contribution in [0.2, 0.25) is 0 Å². The van der Waals surface area contributed by atoms with E-state index in [1.165, 1.54) is 138 Å². The molecular weight excluding hydrogens is 941 g/mol. The van der Waals surface area contributed by atoms with Gasteiger partial charge in [-0.1, -0.05) is 237 Å². The minimum atomic E-state index is -0.616. The molecule has 2 spiro atoms. The minimum absolute atomic E-state index is 0.533. The first-order valence-electron chi connectivity index (χ1n) is 27.3. The number of fused-ring (bicyclic) bond motifs is 25. The van der Waals surface area contributed by atoms with Gasteiger partial charge in [0.15, 0.2) is 0 Å². The molecule has 0 N–H and O–H groups in total. The van der Waals surface area contributed by atoms with E-state index in [1.807, 2.05) is 0 Å².